The predicted molar refractivity (Wildman–Crippen MR) is 150 cm³/mol. The van der Waals surface area contributed by atoms with Crippen molar-refractivity contribution in [3.63, 3.8) is 0 Å². The lowest BCUT2D eigenvalue weighted by atomic mass is 9.86. The van der Waals surface area contributed by atoms with E-state index in [1.54, 1.807) is 18.2 Å². The summed E-state index contributed by atoms with van der Waals surface area (Å²) in [5.41, 5.74) is 9.81. The van der Waals surface area contributed by atoms with Gasteiger partial charge < -0.3 is 5.11 Å². The number of hydrogen-bond donors (Lipinski definition) is 4. The van der Waals surface area contributed by atoms with E-state index >= 15 is 0 Å². The molecule has 2 heterocycles. The second kappa shape index (κ2) is 8.95. The minimum absolute atomic E-state index is 0.0807. The van der Waals surface area contributed by atoms with Crippen molar-refractivity contribution < 1.29 is 14.7 Å². The fourth-order valence-electron chi connectivity index (χ4n) is 5.30. The number of phenols is 1. The number of carbonyl (C=O) groups excluding carboxylic acids is 2. The molecule has 1 spiro atoms. The minimum Gasteiger partial charge on any atom is -0.508 e. The summed E-state index contributed by atoms with van der Waals surface area (Å²) in [6.45, 7) is 0. The number of hydrazone groups is 1. The summed E-state index contributed by atoms with van der Waals surface area (Å²) in [5, 5.41) is 18.5. The van der Waals surface area contributed by atoms with Gasteiger partial charge in [0, 0.05) is 16.7 Å². The van der Waals surface area contributed by atoms with Gasteiger partial charge >= 0.3 is 0 Å². The number of guanidine groups is 1. The summed E-state index contributed by atoms with van der Waals surface area (Å²) >= 11 is 0. The number of aromatic hydroxyl groups is 1. The van der Waals surface area contributed by atoms with Gasteiger partial charge in [-0.3, -0.25) is 25.8 Å². The highest BCUT2D eigenvalue weighted by atomic mass is 16.3. The first kappa shape index (κ1) is 23.4. The Hall–Kier alpha value is -5.70. The van der Waals surface area contributed by atoms with Gasteiger partial charge in [-0.25, -0.2) is 4.99 Å². The van der Waals surface area contributed by atoms with E-state index in [0.717, 1.165) is 22.3 Å². The molecule has 9 nitrogen and oxygen atoms in total. The topological polar surface area (TPSA) is 118 Å². The van der Waals surface area contributed by atoms with Gasteiger partial charge in [-0.1, -0.05) is 91.0 Å². The normalized spacial score (nSPS) is 17.8. The van der Waals surface area contributed by atoms with Crippen molar-refractivity contribution in [3.8, 4) is 16.9 Å². The molecule has 9 heteroatoms. The molecule has 2 aliphatic heterocycles. The van der Waals surface area contributed by atoms with Crippen LogP contribution >= 0.6 is 0 Å². The Morgan fingerprint density at radius 2 is 1.40 bits per heavy atom. The molecule has 1 aliphatic carbocycles. The van der Waals surface area contributed by atoms with E-state index in [0.29, 0.717) is 17.0 Å². The molecule has 4 N–H and O–H groups in total. The number of hydrazine groups is 1. The predicted octanol–water partition coefficient (Wildman–Crippen LogP) is 3.44. The van der Waals surface area contributed by atoms with E-state index in [9.17, 15) is 14.7 Å². The molecule has 0 saturated heterocycles. The average molecular weight is 527 g/mol. The number of aliphatic imine (C=N–C) groups is 1. The highest BCUT2D eigenvalue weighted by Crippen LogP contribution is 2.48. The standard InChI is InChI=1S/C31H22N6O3/c38-21-16-14-19(15-17-21)18-26-28(39)35-37(27(32-26)20-8-2-1-3-9-20)30-33-29(40)31(36-34-30)24-12-6-4-10-22(24)23-11-5-7-13-25(23)31/h1-18,36,38H,(H,35,39)(H,33,34,40)/b26-18-. The van der Waals surface area contributed by atoms with Gasteiger partial charge in [0.05, 0.1) is 0 Å². The van der Waals surface area contributed by atoms with Gasteiger partial charge in [0.1, 0.15) is 11.4 Å². The van der Waals surface area contributed by atoms with Crippen LogP contribution in [0.15, 0.2) is 119 Å². The van der Waals surface area contributed by atoms with Gasteiger partial charge in [0.15, 0.2) is 11.4 Å². The lowest BCUT2D eigenvalue weighted by Crippen LogP contribution is -2.65. The van der Waals surface area contributed by atoms with Crippen LogP contribution in [0.5, 0.6) is 5.75 Å². The Kier molecular flexibility index (Phi) is 5.24. The number of nitrogens with zero attached hydrogens (tertiary/aromatic N) is 3. The maximum atomic E-state index is 14.0. The van der Waals surface area contributed by atoms with Crippen molar-refractivity contribution in [2.45, 2.75) is 5.54 Å². The quantitative estimate of drug-likeness (QED) is 0.299. The van der Waals surface area contributed by atoms with Gasteiger partial charge in [-0.2, -0.15) is 5.01 Å². The SMILES string of the molecule is O=C1NN(C2=NNC3(C(=O)N2)c2ccccc2-c2ccccc23)C(c2ccccc2)=N/C1=C\c1ccc(O)cc1. The summed E-state index contributed by atoms with van der Waals surface area (Å²) in [7, 11) is 0. The summed E-state index contributed by atoms with van der Waals surface area (Å²) < 4.78 is 0. The second-order valence-corrected chi connectivity index (χ2v) is 9.54. The Morgan fingerprint density at radius 1 is 0.775 bits per heavy atom. The Bertz CT molecular complexity index is 1730. The van der Waals surface area contributed by atoms with E-state index in [4.69, 9.17) is 0 Å². The maximum absolute atomic E-state index is 14.0. The molecule has 7 rings (SSSR count). The molecule has 0 unspecified atom stereocenters. The molecule has 0 aromatic heterocycles. The third-order valence-corrected chi connectivity index (χ3v) is 7.17. The van der Waals surface area contributed by atoms with Crippen LogP contribution in [0, 0.1) is 0 Å². The molecule has 3 aliphatic rings. The van der Waals surface area contributed by atoms with Crippen LogP contribution in [0.4, 0.5) is 0 Å². The van der Waals surface area contributed by atoms with Crippen LogP contribution in [0.25, 0.3) is 17.2 Å². The Morgan fingerprint density at radius 3 is 2.05 bits per heavy atom. The van der Waals surface area contributed by atoms with E-state index in [-0.39, 0.29) is 23.3 Å². The van der Waals surface area contributed by atoms with E-state index in [1.807, 2.05) is 78.9 Å². The van der Waals surface area contributed by atoms with Crippen LogP contribution < -0.4 is 16.2 Å². The molecule has 40 heavy (non-hydrogen) atoms. The van der Waals surface area contributed by atoms with Crippen LogP contribution in [0.2, 0.25) is 0 Å². The van der Waals surface area contributed by atoms with Gasteiger partial charge in [0.25, 0.3) is 11.8 Å². The average Bonchev–Trinajstić information content (AvgIpc) is 3.27. The second-order valence-electron chi connectivity index (χ2n) is 9.54. The number of amidine groups is 1. The molecule has 0 atom stereocenters. The molecular formula is C31H22N6O3. The van der Waals surface area contributed by atoms with Gasteiger partial charge in [0.2, 0.25) is 5.96 Å². The van der Waals surface area contributed by atoms with E-state index in [1.165, 1.54) is 17.1 Å². The number of benzene rings is 4. The number of phenolic OH excluding ortho intramolecular Hbond substituents is 1. The number of nitrogens with one attached hydrogen (secondary N) is 3. The number of hydrogen-bond acceptors (Lipinski definition) is 7. The zero-order chi connectivity index (χ0) is 27.3. The fourth-order valence-corrected chi connectivity index (χ4v) is 5.30. The molecule has 2 amide bonds. The van der Waals surface area contributed by atoms with Crippen molar-refractivity contribution in [1.29, 1.82) is 0 Å². The molecule has 4 aromatic carbocycles. The number of rotatable bonds is 2. The van der Waals surface area contributed by atoms with Crippen molar-refractivity contribution in [2.24, 2.45) is 10.1 Å². The highest BCUT2D eigenvalue weighted by molar-refractivity contribution is 6.19. The number of amides is 2. The molecule has 0 bridgehead atoms. The molecule has 0 radical (unpaired) electrons. The van der Waals surface area contributed by atoms with Crippen LogP contribution in [-0.4, -0.2) is 33.7 Å². The lowest BCUT2D eigenvalue weighted by Gasteiger charge is -2.38. The monoisotopic (exact) mass is 526 g/mol. The van der Waals surface area contributed by atoms with Crippen LogP contribution in [-0.2, 0) is 15.1 Å². The first-order chi connectivity index (χ1) is 19.5. The Balaban J connectivity index is 1.31. The lowest BCUT2D eigenvalue weighted by molar-refractivity contribution is -0.126. The van der Waals surface area contributed by atoms with Crippen molar-refractivity contribution >= 4 is 29.7 Å². The zero-order valence-electron chi connectivity index (χ0n) is 21.0. The van der Waals surface area contributed by atoms with Crippen molar-refractivity contribution in [2.75, 3.05) is 0 Å². The zero-order valence-corrected chi connectivity index (χ0v) is 21.0. The van der Waals surface area contributed by atoms with Gasteiger partial charge in [-0.15, -0.1) is 5.10 Å². The molecule has 4 aromatic rings. The van der Waals surface area contributed by atoms with Gasteiger partial charge in [-0.05, 0) is 34.9 Å². The molecule has 0 saturated carbocycles. The highest BCUT2D eigenvalue weighted by Gasteiger charge is 2.52. The van der Waals surface area contributed by atoms with Crippen molar-refractivity contribution in [3.05, 3.63) is 131 Å². The first-order valence-electron chi connectivity index (χ1n) is 12.7. The fraction of sp³-hybridized carbons (Fsp3) is 0.0323. The number of carbonyl (C=O) groups is 2. The largest absolute Gasteiger partial charge is 0.508 e. The van der Waals surface area contributed by atoms with E-state index < -0.39 is 11.4 Å². The number of fused-ring (bicyclic) bond motifs is 5. The summed E-state index contributed by atoms with van der Waals surface area (Å²) in [5.74, 6) is -0.242. The molecule has 0 fully saturated rings. The van der Waals surface area contributed by atoms with Crippen LogP contribution in [0.1, 0.15) is 22.3 Å². The smallest absolute Gasteiger partial charge is 0.288 e. The van der Waals surface area contributed by atoms with Crippen LogP contribution in [0.3, 0.4) is 0 Å². The summed E-state index contributed by atoms with van der Waals surface area (Å²) in [4.78, 5) is 31.8. The summed E-state index contributed by atoms with van der Waals surface area (Å²) in [6, 6.07) is 31.2. The minimum atomic E-state index is -1.22. The Labute approximate surface area is 229 Å². The third kappa shape index (κ3) is 3.56. The van der Waals surface area contributed by atoms with Crippen molar-refractivity contribution in [1.82, 2.24) is 21.2 Å². The van der Waals surface area contributed by atoms with E-state index in [2.05, 4.69) is 26.3 Å². The first-order valence-corrected chi connectivity index (χ1v) is 12.7. The maximum Gasteiger partial charge on any atom is 0.288 e. The summed E-state index contributed by atoms with van der Waals surface area (Å²) in [6.07, 6.45) is 1.62. The molecule has 194 valence electrons. The third-order valence-electron chi connectivity index (χ3n) is 7.17. The molecular weight excluding hydrogens is 504 g/mol.